The van der Waals surface area contributed by atoms with E-state index in [2.05, 4.69) is 82.5 Å². The lowest BCUT2D eigenvalue weighted by Gasteiger charge is -2.40. The third-order valence-electron chi connectivity index (χ3n) is 5.94. The van der Waals surface area contributed by atoms with E-state index in [1.54, 1.807) is 0 Å². The lowest BCUT2D eigenvalue weighted by atomic mass is 9.75. The molecule has 0 saturated carbocycles. The number of anilines is 1. The first kappa shape index (κ1) is 13.8. The molecule has 0 amide bonds. The monoisotopic (exact) mass is 367 g/mol. The molecule has 1 aliphatic carbocycles. The van der Waals surface area contributed by atoms with Crippen molar-refractivity contribution >= 4 is 27.2 Å². The summed E-state index contributed by atoms with van der Waals surface area (Å²) in [6, 6.07) is 17.3. The molecule has 0 N–H and O–H groups in total. The van der Waals surface area contributed by atoms with Crippen LogP contribution in [0.15, 0.2) is 59.1 Å². The summed E-state index contributed by atoms with van der Waals surface area (Å²) in [6.45, 7) is 0.820. The molecule has 2 aromatic carbocycles. The molecule has 3 heteroatoms. The fraction of sp³-hybridized carbons (Fsp3) is 0.300. The van der Waals surface area contributed by atoms with Crippen LogP contribution >= 0.6 is 15.9 Å². The SMILES string of the molecule is CN1c2ccc(Br)cc2[C@]23OCC[C@]12CC=C3c1ccccc1. The van der Waals surface area contributed by atoms with Crippen LogP contribution in [0, 0.1) is 0 Å². The van der Waals surface area contributed by atoms with E-state index in [1.165, 1.54) is 22.4 Å². The molecule has 0 radical (unpaired) electrons. The van der Waals surface area contributed by atoms with E-state index in [1.807, 2.05) is 0 Å². The predicted octanol–water partition coefficient (Wildman–Crippen LogP) is 4.74. The second kappa shape index (κ2) is 4.49. The third kappa shape index (κ3) is 1.48. The van der Waals surface area contributed by atoms with Crippen molar-refractivity contribution in [2.75, 3.05) is 18.6 Å². The standard InChI is InChI=1S/C20H18BrNO/c1-22-18-8-7-15(21)13-17(18)20-16(14-5-3-2-4-6-14)9-10-19(20,22)11-12-23-20/h2-9,13H,10-12H2,1H3/t19-,20-/m0/s1. The number of likely N-dealkylation sites (N-methyl/N-ethyl adjacent to an activating group) is 1. The van der Waals surface area contributed by atoms with Crippen LogP contribution in [0.25, 0.3) is 5.57 Å². The summed E-state index contributed by atoms with van der Waals surface area (Å²) in [5, 5.41) is 0. The molecule has 0 unspecified atom stereocenters. The molecular formula is C20H18BrNO. The smallest absolute Gasteiger partial charge is 0.144 e. The fourth-order valence-electron chi connectivity index (χ4n) is 4.94. The third-order valence-corrected chi connectivity index (χ3v) is 6.43. The van der Waals surface area contributed by atoms with Gasteiger partial charge in [0.2, 0.25) is 0 Å². The predicted molar refractivity (Wildman–Crippen MR) is 96.6 cm³/mol. The highest BCUT2D eigenvalue weighted by Gasteiger charge is 2.68. The van der Waals surface area contributed by atoms with Crippen molar-refractivity contribution < 1.29 is 4.74 Å². The van der Waals surface area contributed by atoms with Gasteiger partial charge in [0.25, 0.3) is 0 Å². The summed E-state index contributed by atoms with van der Waals surface area (Å²) in [5.41, 5.74) is 4.91. The Kier molecular flexibility index (Phi) is 2.70. The zero-order valence-electron chi connectivity index (χ0n) is 13.1. The summed E-state index contributed by atoms with van der Waals surface area (Å²) in [7, 11) is 2.23. The van der Waals surface area contributed by atoms with Crippen LogP contribution in [-0.4, -0.2) is 19.2 Å². The van der Waals surface area contributed by atoms with Crippen LogP contribution in [0.1, 0.15) is 24.0 Å². The molecule has 2 aliphatic heterocycles. The van der Waals surface area contributed by atoms with Gasteiger partial charge < -0.3 is 9.64 Å². The summed E-state index contributed by atoms with van der Waals surface area (Å²) in [4.78, 5) is 2.47. The van der Waals surface area contributed by atoms with E-state index in [-0.39, 0.29) is 11.1 Å². The summed E-state index contributed by atoms with van der Waals surface area (Å²) >= 11 is 3.66. The van der Waals surface area contributed by atoms with Crippen LogP contribution in [0.5, 0.6) is 0 Å². The molecule has 116 valence electrons. The van der Waals surface area contributed by atoms with Gasteiger partial charge in [-0.15, -0.1) is 0 Å². The molecule has 0 bridgehead atoms. The number of fused-ring (bicyclic) bond motifs is 1. The van der Waals surface area contributed by atoms with E-state index in [0.29, 0.717) is 0 Å². The van der Waals surface area contributed by atoms with E-state index < -0.39 is 0 Å². The first-order chi connectivity index (χ1) is 11.2. The van der Waals surface area contributed by atoms with E-state index >= 15 is 0 Å². The number of halogens is 1. The van der Waals surface area contributed by atoms with Gasteiger partial charge in [-0.2, -0.15) is 0 Å². The Morgan fingerprint density at radius 1 is 1.13 bits per heavy atom. The number of nitrogens with zero attached hydrogens (tertiary/aromatic N) is 1. The Bertz CT molecular complexity index is 831. The molecule has 0 aromatic heterocycles. The van der Waals surface area contributed by atoms with Gasteiger partial charge in [-0.25, -0.2) is 0 Å². The van der Waals surface area contributed by atoms with Crippen LogP contribution in [0.4, 0.5) is 5.69 Å². The summed E-state index contributed by atoms with van der Waals surface area (Å²) in [6.07, 6.45) is 4.51. The van der Waals surface area contributed by atoms with Gasteiger partial charge in [-0.1, -0.05) is 52.3 Å². The zero-order valence-corrected chi connectivity index (χ0v) is 14.6. The highest BCUT2D eigenvalue weighted by Crippen LogP contribution is 2.67. The van der Waals surface area contributed by atoms with Gasteiger partial charge in [-0.05, 0) is 42.2 Å². The van der Waals surface area contributed by atoms with Gasteiger partial charge >= 0.3 is 0 Å². The molecule has 0 spiro atoms. The zero-order chi connectivity index (χ0) is 15.7. The average Bonchev–Trinajstić information content (AvgIpc) is 3.15. The van der Waals surface area contributed by atoms with Crippen molar-refractivity contribution in [2.24, 2.45) is 0 Å². The fourth-order valence-corrected chi connectivity index (χ4v) is 5.30. The number of rotatable bonds is 1. The Balaban J connectivity index is 1.81. The van der Waals surface area contributed by atoms with Crippen LogP contribution in [0.3, 0.4) is 0 Å². The average molecular weight is 368 g/mol. The quantitative estimate of drug-likeness (QED) is 0.721. The molecule has 2 aromatic rings. The van der Waals surface area contributed by atoms with Crippen molar-refractivity contribution in [2.45, 2.75) is 24.0 Å². The Labute approximate surface area is 144 Å². The second-order valence-corrected chi connectivity index (χ2v) is 7.64. The molecule has 1 saturated heterocycles. The Morgan fingerprint density at radius 3 is 2.78 bits per heavy atom. The minimum Gasteiger partial charge on any atom is -0.365 e. The first-order valence-corrected chi connectivity index (χ1v) is 8.92. The first-order valence-electron chi connectivity index (χ1n) is 8.13. The number of hydrogen-bond acceptors (Lipinski definition) is 2. The van der Waals surface area contributed by atoms with Gasteiger partial charge in [-0.3, -0.25) is 0 Å². The lowest BCUT2D eigenvalue weighted by molar-refractivity contribution is 0.0310. The van der Waals surface area contributed by atoms with E-state index in [9.17, 15) is 0 Å². The molecule has 2 nitrogen and oxygen atoms in total. The normalized spacial score (nSPS) is 30.9. The van der Waals surface area contributed by atoms with Crippen molar-refractivity contribution in [3.05, 3.63) is 70.2 Å². The van der Waals surface area contributed by atoms with Gasteiger partial charge in [0.05, 0.1) is 12.1 Å². The van der Waals surface area contributed by atoms with Gasteiger partial charge in [0.15, 0.2) is 0 Å². The number of ether oxygens (including phenoxy) is 1. The topological polar surface area (TPSA) is 12.5 Å². The highest BCUT2D eigenvalue weighted by atomic mass is 79.9. The molecule has 2 heterocycles. The maximum atomic E-state index is 6.57. The van der Waals surface area contributed by atoms with Gasteiger partial charge in [0.1, 0.15) is 5.60 Å². The summed E-state index contributed by atoms with van der Waals surface area (Å²) in [5.74, 6) is 0. The molecule has 1 fully saturated rings. The van der Waals surface area contributed by atoms with Crippen molar-refractivity contribution in [3.8, 4) is 0 Å². The van der Waals surface area contributed by atoms with Crippen molar-refractivity contribution in [1.29, 1.82) is 0 Å². The maximum absolute atomic E-state index is 6.57. The largest absolute Gasteiger partial charge is 0.365 e. The number of hydrogen-bond donors (Lipinski definition) is 0. The van der Waals surface area contributed by atoms with Crippen LogP contribution in [-0.2, 0) is 10.3 Å². The minimum absolute atomic E-state index is 0.0291. The molecule has 5 rings (SSSR count). The maximum Gasteiger partial charge on any atom is 0.144 e. The van der Waals surface area contributed by atoms with Crippen molar-refractivity contribution in [1.82, 2.24) is 0 Å². The highest BCUT2D eigenvalue weighted by molar-refractivity contribution is 9.10. The van der Waals surface area contributed by atoms with Crippen LogP contribution < -0.4 is 4.90 Å². The van der Waals surface area contributed by atoms with Crippen LogP contribution in [0.2, 0.25) is 0 Å². The van der Waals surface area contributed by atoms with E-state index in [0.717, 1.165) is 23.9 Å². The second-order valence-electron chi connectivity index (χ2n) is 6.72. The number of benzene rings is 2. The van der Waals surface area contributed by atoms with Crippen molar-refractivity contribution in [3.63, 3.8) is 0 Å². The molecule has 3 aliphatic rings. The minimum atomic E-state index is -0.331. The van der Waals surface area contributed by atoms with E-state index in [4.69, 9.17) is 4.74 Å². The van der Waals surface area contributed by atoms with Gasteiger partial charge in [0, 0.05) is 22.8 Å². The lowest BCUT2D eigenvalue weighted by Crippen LogP contribution is -2.51. The molecule has 23 heavy (non-hydrogen) atoms. The molecular weight excluding hydrogens is 350 g/mol. The summed E-state index contributed by atoms with van der Waals surface area (Å²) < 4.78 is 7.68. The molecule has 2 atom stereocenters. The Hall–Kier alpha value is -1.58. The Morgan fingerprint density at radius 2 is 1.96 bits per heavy atom.